The van der Waals surface area contributed by atoms with Gasteiger partial charge >= 0.3 is 12.1 Å². The van der Waals surface area contributed by atoms with Gasteiger partial charge < -0.3 is 9.64 Å². The molecule has 1 aliphatic heterocycles. The predicted molar refractivity (Wildman–Crippen MR) is 142 cm³/mol. The second kappa shape index (κ2) is 10.6. The van der Waals surface area contributed by atoms with E-state index in [1.54, 1.807) is 13.0 Å². The Morgan fingerprint density at radius 2 is 1.62 bits per heavy atom. The number of para-hydroxylation sites is 1. The smallest absolute Gasteiger partial charge is 0.416 e. The number of hydrogen-bond acceptors (Lipinski definition) is 4. The van der Waals surface area contributed by atoms with Crippen molar-refractivity contribution in [2.24, 2.45) is 4.99 Å². The lowest BCUT2D eigenvalue weighted by Crippen LogP contribution is -2.40. The zero-order valence-electron chi connectivity index (χ0n) is 21.5. The van der Waals surface area contributed by atoms with Crippen LogP contribution < -0.4 is 4.90 Å². The highest BCUT2D eigenvalue weighted by Crippen LogP contribution is 2.44. The first-order valence-electron chi connectivity index (χ1n) is 12.4. The third-order valence-corrected chi connectivity index (χ3v) is 6.89. The zero-order valence-corrected chi connectivity index (χ0v) is 21.5. The summed E-state index contributed by atoms with van der Waals surface area (Å²) in [6.07, 6.45) is -5.02. The summed E-state index contributed by atoms with van der Waals surface area (Å²) in [5.74, 6) is -2.21. The van der Waals surface area contributed by atoms with E-state index in [0.29, 0.717) is 5.56 Å². The molecule has 0 aliphatic carbocycles. The summed E-state index contributed by atoms with van der Waals surface area (Å²) < 4.78 is 77.2. The number of amidine groups is 1. The van der Waals surface area contributed by atoms with Crippen molar-refractivity contribution in [2.45, 2.75) is 25.6 Å². The first kappa shape index (κ1) is 27.1. The fraction of sp³-hybridized carbons (Fsp3) is 0.161. The van der Waals surface area contributed by atoms with Crippen molar-refractivity contribution in [1.29, 1.82) is 0 Å². The molecule has 0 saturated carbocycles. The Morgan fingerprint density at radius 1 is 0.925 bits per heavy atom. The van der Waals surface area contributed by atoms with Crippen LogP contribution in [0.25, 0.3) is 11.1 Å². The molecule has 204 valence electrons. The number of alkyl halides is 3. The normalized spacial score (nSPS) is 14.9. The van der Waals surface area contributed by atoms with Crippen LogP contribution >= 0.6 is 0 Å². The van der Waals surface area contributed by atoms with Crippen LogP contribution in [0.3, 0.4) is 0 Å². The van der Waals surface area contributed by atoms with Crippen LogP contribution in [0.4, 0.5) is 33.3 Å². The zero-order chi connectivity index (χ0) is 28.6. The Bertz CT molecular complexity index is 1620. The number of aliphatic imine (C=N–C) groups is 1. The number of fused-ring (bicyclic) bond motifs is 1. The molecule has 0 saturated heterocycles. The van der Waals surface area contributed by atoms with Crippen molar-refractivity contribution in [3.05, 3.63) is 119 Å². The lowest BCUT2D eigenvalue weighted by atomic mass is 9.93. The van der Waals surface area contributed by atoms with Crippen LogP contribution in [0.5, 0.6) is 0 Å². The molecule has 1 heterocycles. The van der Waals surface area contributed by atoms with Gasteiger partial charge in [-0.25, -0.2) is 13.8 Å². The summed E-state index contributed by atoms with van der Waals surface area (Å²) in [6, 6.07) is 19.8. The number of anilines is 1. The molecule has 0 N–H and O–H groups in total. The molecule has 0 amide bonds. The lowest BCUT2D eigenvalue weighted by molar-refractivity contribution is -0.141. The minimum Gasteiger partial charge on any atom is -0.469 e. The number of methoxy groups -OCH3 is 1. The number of esters is 1. The highest BCUT2D eigenvalue weighted by Gasteiger charge is 2.38. The second-order valence-electron chi connectivity index (χ2n) is 9.29. The quantitative estimate of drug-likeness (QED) is 0.186. The molecule has 1 aliphatic rings. The Morgan fingerprint density at radius 3 is 2.33 bits per heavy atom. The topological polar surface area (TPSA) is 41.9 Å². The summed E-state index contributed by atoms with van der Waals surface area (Å²) in [5.41, 5.74) is 0.789. The standard InChI is InChI=1S/C31H23F5N2O2/c1-18-22(19-8-4-3-5-9-19)14-15-24(28(18)33)30-37-29-23(12-7-13-25(29)32)26(17-27(39)40-2)38(30)21-11-6-10-20(16-21)31(34,35)36/h3-16,26H,17H2,1-2H3. The molecule has 4 aromatic carbocycles. The number of benzene rings is 4. The SMILES string of the molecule is COC(=O)CC1c2cccc(F)c2N=C(c2ccc(-c3ccccc3)c(C)c2F)N1c1cccc(C(F)(F)F)c1. The van der Waals surface area contributed by atoms with Gasteiger partial charge in [0.1, 0.15) is 23.2 Å². The third kappa shape index (κ3) is 4.95. The number of carbonyl (C=O) groups is 1. The van der Waals surface area contributed by atoms with Crippen molar-refractivity contribution in [2.75, 3.05) is 12.0 Å². The second-order valence-corrected chi connectivity index (χ2v) is 9.29. The number of ether oxygens (including phenoxy) is 1. The Hall–Kier alpha value is -4.53. The van der Waals surface area contributed by atoms with E-state index < -0.39 is 35.4 Å². The lowest BCUT2D eigenvalue weighted by Gasteiger charge is -2.38. The van der Waals surface area contributed by atoms with Crippen LogP contribution in [0.2, 0.25) is 0 Å². The van der Waals surface area contributed by atoms with Gasteiger partial charge in [-0.2, -0.15) is 13.2 Å². The van der Waals surface area contributed by atoms with Gasteiger partial charge in [0, 0.05) is 11.3 Å². The largest absolute Gasteiger partial charge is 0.469 e. The summed E-state index contributed by atoms with van der Waals surface area (Å²) in [6.45, 7) is 1.58. The summed E-state index contributed by atoms with van der Waals surface area (Å²) in [5, 5.41) is 0. The molecule has 5 rings (SSSR count). The number of carbonyl (C=O) groups excluding carboxylic acids is 1. The van der Waals surface area contributed by atoms with E-state index in [-0.39, 0.29) is 40.3 Å². The van der Waals surface area contributed by atoms with Gasteiger partial charge in [0.2, 0.25) is 0 Å². The molecule has 0 fully saturated rings. The maximum Gasteiger partial charge on any atom is 0.416 e. The molecular formula is C31H23F5N2O2. The molecule has 0 aromatic heterocycles. The summed E-state index contributed by atoms with van der Waals surface area (Å²) in [4.78, 5) is 18.3. The van der Waals surface area contributed by atoms with Crippen LogP contribution in [-0.2, 0) is 15.7 Å². The highest BCUT2D eigenvalue weighted by atomic mass is 19.4. The Balaban J connectivity index is 1.77. The number of nitrogens with zero attached hydrogens (tertiary/aromatic N) is 2. The average molecular weight is 551 g/mol. The van der Waals surface area contributed by atoms with Crippen molar-refractivity contribution < 1.29 is 31.5 Å². The van der Waals surface area contributed by atoms with E-state index in [1.807, 2.05) is 30.3 Å². The summed E-state index contributed by atoms with van der Waals surface area (Å²) in [7, 11) is 1.17. The van der Waals surface area contributed by atoms with E-state index in [1.165, 1.54) is 48.4 Å². The fourth-order valence-corrected chi connectivity index (χ4v) is 4.92. The van der Waals surface area contributed by atoms with Gasteiger partial charge in [0.15, 0.2) is 0 Å². The van der Waals surface area contributed by atoms with Crippen LogP contribution in [0, 0.1) is 18.6 Å². The monoisotopic (exact) mass is 550 g/mol. The first-order chi connectivity index (χ1) is 19.1. The molecule has 9 heteroatoms. The van der Waals surface area contributed by atoms with Crippen molar-refractivity contribution in [3.8, 4) is 11.1 Å². The minimum atomic E-state index is -4.66. The highest BCUT2D eigenvalue weighted by molar-refractivity contribution is 6.13. The van der Waals surface area contributed by atoms with Gasteiger partial charge in [-0.15, -0.1) is 0 Å². The van der Waals surface area contributed by atoms with Gasteiger partial charge in [-0.05, 0) is 53.9 Å². The van der Waals surface area contributed by atoms with Crippen LogP contribution in [0.1, 0.15) is 34.7 Å². The molecular weight excluding hydrogens is 527 g/mol. The van der Waals surface area contributed by atoms with Crippen molar-refractivity contribution in [3.63, 3.8) is 0 Å². The van der Waals surface area contributed by atoms with Gasteiger partial charge in [-0.1, -0.05) is 54.6 Å². The molecule has 0 radical (unpaired) electrons. The van der Waals surface area contributed by atoms with Gasteiger partial charge in [-0.3, -0.25) is 4.79 Å². The number of halogens is 5. The molecule has 4 nitrogen and oxygen atoms in total. The molecule has 40 heavy (non-hydrogen) atoms. The van der Waals surface area contributed by atoms with Crippen LogP contribution in [0.15, 0.2) is 89.9 Å². The average Bonchev–Trinajstić information content (AvgIpc) is 2.94. The summed E-state index contributed by atoms with van der Waals surface area (Å²) >= 11 is 0. The van der Waals surface area contributed by atoms with Gasteiger partial charge in [0.05, 0.1) is 30.7 Å². The Labute approximate surface area is 227 Å². The van der Waals surface area contributed by atoms with Crippen molar-refractivity contribution >= 4 is 23.2 Å². The number of rotatable bonds is 5. The van der Waals surface area contributed by atoms with Crippen LogP contribution in [-0.4, -0.2) is 18.9 Å². The van der Waals surface area contributed by atoms with E-state index in [4.69, 9.17) is 4.74 Å². The van der Waals surface area contributed by atoms with E-state index in [0.717, 1.165) is 17.7 Å². The first-order valence-corrected chi connectivity index (χ1v) is 12.4. The Kier molecular flexibility index (Phi) is 7.14. The maximum absolute atomic E-state index is 16.1. The fourth-order valence-electron chi connectivity index (χ4n) is 4.92. The van der Waals surface area contributed by atoms with Gasteiger partial charge in [0.25, 0.3) is 0 Å². The van der Waals surface area contributed by atoms with E-state index in [9.17, 15) is 18.0 Å². The maximum atomic E-state index is 16.1. The number of hydrogen-bond donors (Lipinski definition) is 0. The predicted octanol–water partition coefficient (Wildman–Crippen LogP) is 8.16. The molecule has 1 atom stereocenters. The minimum absolute atomic E-state index is 0.00146. The third-order valence-electron chi connectivity index (χ3n) is 6.89. The van der Waals surface area contributed by atoms with Crippen molar-refractivity contribution in [1.82, 2.24) is 0 Å². The van der Waals surface area contributed by atoms with E-state index in [2.05, 4.69) is 4.99 Å². The molecule has 0 bridgehead atoms. The molecule has 0 spiro atoms. The molecule has 1 unspecified atom stereocenters. The van der Waals surface area contributed by atoms with E-state index >= 15 is 8.78 Å². The molecule has 4 aromatic rings.